The van der Waals surface area contributed by atoms with Crippen molar-refractivity contribution in [3.63, 3.8) is 0 Å². The molecule has 0 heterocycles. The predicted octanol–water partition coefficient (Wildman–Crippen LogP) is 11.7. The van der Waals surface area contributed by atoms with E-state index in [9.17, 15) is 19.5 Å². The molecule has 16 nitrogen and oxygen atoms in total. The lowest BCUT2D eigenvalue weighted by atomic mass is 10.0. The van der Waals surface area contributed by atoms with Gasteiger partial charge in [-0.15, -0.1) is 0 Å². The molecule has 79 heavy (non-hydrogen) atoms. The van der Waals surface area contributed by atoms with Gasteiger partial charge in [-0.05, 0) is 150 Å². The second kappa shape index (κ2) is 56.7. The van der Waals surface area contributed by atoms with E-state index in [1.807, 2.05) is 26.8 Å². The van der Waals surface area contributed by atoms with E-state index in [0.717, 1.165) is 142 Å². The molecule has 7 N–H and O–H groups in total. The fourth-order valence-corrected chi connectivity index (χ4v) is 9.31. The third-order valence-corrected chi connectivity index (χ3v) is 14.1. The van der Waals surface area contributed by atoms with Crippen molar-refractivity contribution in [3.8, 4) is 0 Å². The van der Waals surface area contributed by atoms with Crippen LogP contribution in [0, 0.1) is 0 Å². The smallest absolute Gasteiger partial charge is 0.407 e. The van der Waals surface area contributed by atoms with E-state index in [1.165, 1.54) is 122 Å². The third-order valence-electron chi connectivity index (χ3n) is 14.1. The van der Waals surface area contributed by atoms with Gasteiger partial charge in [0.1, 0.15) is 24.8 Å². The average molecular weight is 1120 g/mol. The fourth-order valence-electron chi connectivity index (χ4n) is 9.31. The van der Waals surface area contributed by atoms with Crippen LogP contribution in [-0.4, -0.2) is 151 Å². The highest BCUT2D eigenvalue weighted by Gasteiger charge is 2.27. The summed E-state index contributed by atoms with van der Waals surface area (Å²) in [5.41, 5.74) is 5.04. The van der Waals surface area contributed by atoms with Crippen molar-refractivity contribution in [1.29, 1.82) is 0 Å². The standard InChI is InChI=1S/C63H127N9O7/c1-8-10-12-14-16-18-20-22-24-26-28-30-32-42-58(78-61(75)68-50-40-54-71(6)52-36-37-53-72(7)55-41-51-69-62(76)79-63(3,4)5)57(56-77-60(74)67-49-39-48-66-46-35-34-45-65-47-38-44-64)70-59(73)43-33-31-29-27-25-23-21-19-17-15-13-11-9-2/h32,42,57-58,65-66H,8-31,33-41,43-56,64H2,1-7H3,(H,67,74)(H,68,75)(H,69,76)(H,70,73)/p-1/b42-32+/t57-,58+/m0/s1. The quantitative estimate of drug-likeness (QED) is 0.0146. The van der Waals surface area contributed by atoms with Gasteiger partial charge in [0.15, 0.2) is 0 Å². The largest absolute Gasteiger partial charge is 0.595 e. The van der Waals surface area contributed by atoms with Crippen LogP contribution in [0.3, 0.4) is 0 Å². The van der Waals surface area contributed by atoms with E-state index in [0.29, 0.717) is 32.6 Å². The molecule has 0 bridgehead atoms. The number of unbranched alkanes of at least 4 members (excludes halogenated alkanes) is 25. The van der Waals surface area contributed by atoms with E-state index >= 15 is 0 Å². The number of nitrogens with two attached hydrogens (primary N) is 1. The Morgan fingerprint density at radius 2 is 1.01 bits per heavy atom. The number of hydrogen-bond donors (Lipinski definition) is 6. The molecule has 0 rings (SSSR count). The molecule has 0 unspecified atom stereocenters. The lowest BCUT2D eigenvalue weighted by Crippen LogP contribution is -2.49. The highest BCUT2D eigenvalue weighted by atomic mass is 16.6. The topological polar surface area (TPSA) is 207 Å². The molecule has 2 atom stereocenters. The Bertz CT molecular complexity index is 1440. The first kappa shape index (κ1) is 75.8. The van der Waals surface area contributed by atoms with Crippen LogP contribution in [0.5, 0.6) is 0 Å². The minimum atomic E-state index is -0.837. The molecule has 0 saturated heterocycles. The Kier molecular flexibility index (Phi) is 54.4. The zero-order valence-electron chi connectivity index (χ0n) is 52.3. The average Bonchev–Trinajstić information content (AvgIpc) is 3.41. The number of aliphatic imine (C=N–C) groups is 1. The number of allylic oxidation sites excluding steroid dienone is 1. The van der Waals surface area contributed by atoms with Crippen LogP contribution in [0.1, 0.15) is 253 Å². The number of rotatable bonds is 57. The van der Waals surface area contributed by atoms with Gasteiger partial charge < -0.3 is 61.4 Å². The summed E-state index contributed by atoms with van der Waals surface area (Å²) in [6.45, 7) is 19.2. The summed E-state index contributed by atoms with van der Waals surface area (Å²) >= 11 is 0. The summed E-state index contributed by atoms with van der Waals surface area (Å²) in [7, 11) is 4.20. The molecular formula is C63H126N9O7-. The molecule has 3 amide bonds. The second-order valence-corrected chi connectivity index (χ2v) is 23.3. The zero-order chi connectivity index (χ0) is 58.1. The second-order valence-electron chi connectivity index (χ2n) is 23.3. The molecule has 0 aromatic carbocycles. The maximum absolute atomic E-state index is 13.6. The molecule has 466 valence electrons. The maximum Gasteiger partial charge on any atom is 0.407 e. The Hall–Kier alpha value is -3.18. The minimum Gasteiger partial charge on any atom is -0.595 e. The van der Waals surface area contributed by atoms with E-state index in [2.05, 4.69) is 75.4 Å². The normalized spacial score (nSPS) is 12.9. The van der Waals surface area contributed by atoms with Crippen molar-refractivity contribution in [2.45, 2.75) is 271 Å². The van der Waals surface area contributed by atoms with Crippen molar-refractivity contribution in [3.05, 3.63) is 12.2 Å². The Morgan fingerprint density at radius 1 is 0.557 bits per heavy atom. The highest BCUT2D eigenvalue weighted by molar-refractivity contribution is 5.76. The fraction of sp³-hybridized carbons (Fsp3) is 0.905. The minimum absolute atomic E-state index is 0.136. The van der Waals surface area contributed by atoms with Gasteiger partial charge >= 0.3 is 12.2 Å². The SMILES string of the molecule is CCCCCCCCCCCCC/C=C/[C@@H](OC(=O)NCCCN(C)CCCCN(C)CCCN=C([O-])OC(C)(C)C)[C@H](COC(=O)NCCCNCCCCNCCCN)NC(=O)CCCCCCCCCCCCCCC. The maximum atomic E-state index is 13.6. The summed E-state index contributed by atoms with van der Waals surface area (Å²) in [5, 5.41) is 27.6. The van der Waals surface area contributed by atoms with E-state index in [1.54, 1.807) is 0 Å². The van der Waals surface area contributed by atoms with Crippen molar-refractivity contribution in [2.75, 3.05) is 99.2 Å². The van der Waals surface area contributed by atoms with Gasteiger partial charge in [-0.3, -0.25) is 9.79 Å². The van der Waals surface area contributed by atoms with Gasteiger partial charge in [0.25, 0.3) is 0 Å². The van der Waals surface area contributed by atoms with Crippen LogP contribution >= 0.6 is 0 Å². The Morgan fingerprint density at radius 3 is 1.54 bits per heavy atom. The number of amides is 3. The number of nitrogens with zero attached hydrogens (tertiary/aromatic N) is 3. The molecule has 0 spiro atoms. The predicted molar refractivity (Wildman–Crippen MR) is 330 cm³/mol. The van der Waals surface area contributed by atoms with Gasteiger partial charge in [-0.1, -0.05) is 182 Å². The molecule has 0 fully saturated rings. The summed E-state index contributed by atoms with van der Waals surface area (Å²) in [5.74, 6) is -0.136. The van der Waals surface area contributed by atoms with Crippen molar-refractivity contribution in [2.24, 2.45) is 10.7 Å². The molecule has 0 saturated carbocycles. The van der Waals surface area contributed by atoms with Crippen LogP contribution in [0.2, 0.25) is 0 Å². The summed E-state index contributed by atoms with van der Waals surface area (Å²) in [6, 6.07) is -0.761. The molecule has 0 aliphatic carbocycles. The zero-order valence-corrected chi connectivity index (χ0v) is 52.3. The lowest BCUT2D eigenvalue weighted by Gasteiger charge is -2.29. The Balaban J connectivity index is 5.45. The van der Waals surface area contributed by atoms with Crippen LogP contribution in [-0.2, 0) is 19.0 Å². The number of carbonyl (C=O) groups is 3. The summed E-state index contributed by atoms with van der Waals surface area (Å²) < 4.78 is 17.1. The molecule has 0 radical (unpaired) electrons. The third kappa shape index (κ3) is 56.5. The molecule has 16 heteroatoms. The van der Waals surface area contributed by atoms with Gasteiger partial charge in [0.05, 0.1) is 0 Å². The number of hydrogen-bond acceptors (Lipinski definition) is 13. The highest BCUT2D eigenvalue weighted by Crippen LogP contribution is 2.16. The number of nitrogens with one attached hydrogen (secondary N) is 5. The van der Waals surface area contributed by atoms with Crippen LogP contribution in [0.15, 0.2) is 17.1 Å². The molecule has 0 aliphatic heterocycles. The lowest BCUT2D eigenvalue weighted by molar-refractivity contribution is -0.260. The van der Waals surface area contributed by atoms with Crippen LogP contribution < -0.4 is 37.4 Å². The van der Waals surface area contributed by atoms with Gasteiger partial charge in [0.2, 0.25) is 5.91 Å². The van der Waals surface area contributed by atoms with Gasteiger partial charge in [-0.2, -0.15) is 0 Å². The van der Waals surface area contributed by atoms with Crippen LogP contribution in [0.25, 0.3) is 0 Å². The number of carbonyl (C=O) groups excluding carboxylic acids is 3. The van der Waals surface area contributed by atoms with Crippen LogP contribution in [0.4, 0.5) is 9.59 Å². The molecular weight excluding hydrogens is 995 g/mol. The van der Waals surface area contributed by atoms with Crippen molar-refractivity contribution < 1.29 is 33.7 Å². The first-order valence-corrected chi connectivity index (χ1v) is 32.5. The molecule has 0 aromatic heterocycles. The Labute approximate surface area is 485 Å². The van der Waals surface area contributed by atoms with E-state index in [-0.39, 0.29) is 12.5 Å². The number of ether oxygens (including phenoxy) is 3. The number of alkyl carbamates (subject to hydrolysis) is 2. The summed E-state index contributed by atoms with van der Waals surface area (Å²) in [6.07, 6.45) is 40.1. The summed E-state index contributed by atoms with van der Waals surface area (Å²) in [4.78, 5) is 48.7. The van der Waals surface area contributed by atoms with Crippen molar-refractivity contribution >= 4 is 24.2 Å². The first-order chi connectivity index (χ1) is 38.3. The molecule has 0 aromatic rings. The van der Waals surface area contributed by atoms with E-state index in [4.69, 9.17) is 19.9 Å². The molecule has 0 aliphatic rings. The monoisotopic (exact) mass is 1120 g/mol. The van der Waals surface area contributed by atoms with Crippen molar-refractivity contribution in [1.82, 2.24) is 36.4 Å². The van der Waals surface area contributed by atoms with Gasteiger partial charge in [0, 0.05) is 31.7 Å². The van der Waals surface area contributed by atoms with Gasteiger partial charge in [-0.25, -0.2) is 9.59 Å². The first-order valence-electron chi connectivity index (χ1n) is 32.5. The van der Waals surface area contributed by atoms with E-state index < -0.39 is 36.0 Å².